The zero-order valence-electron chi connectivity index (χ0n) is 10.5. The van der Waals surface area contributed by atoms with Gasteiger partial charge in [0, 0.05) is 24.2 Å². The number of nitro groups is 1. The number of H-pyrrole nitrogens is 1. The lowest BCUT2D eigenvalue weighted by atomic mass is 10.1. The molecule has 1 aromatic carbocycles. The highest BCUT2D eigenvalue weighted by Crippen LogP contribution is 2.22. The fourth-order valence-electron chi connectivity index (χ4n) is 1.87. The molecule has 1 heterocycles. The maximum Gasteiger partial charge on any atom is 0.275 e. The Morgan fingerprint density at radius 2 is 2.20 bits per heavy atom. The van der Waals surface area contributed by atoms with Crippen LogP contribution in [-0.2, 0) is 6.54 Å². The number of aromatic amines is 1. The number of aromatic nitrogens is 2. The minimum absolute atomic E-state index is 0.166. The molecular formula is C11H12N4O5. The van der Waals surface area contributed by atoms with Gasteiger partial charge in [0.1, 0.15) is 0 Å². The molecule has 0 atom stereocenters. The van der Waals surface area contributed by atoms with Crippen molar-refractivity contribution in [1.82, 2.24) is 15.3 Å². The smallest absolute Gasteiger partial charge is 0.275 e. The predicted octanol–water partition coefficient (Wildman–Crippen LogP) is -0.466. The molecule has 1 aromatic heterocycles. The number of nitrogens with zero attached hydrogens (tertiary/aromatic N) is 2. The minimum atomic E-state index is -2.01. The van der Waals surface area contributed by atoms with Crippen molar-refractivity contribution in [3.63, 3.8) is 0 Å². The Kier molecular flexibility index (Phi) is 3.74. The van der Waals surface area contributed by atoms with E-state index < -0.39 is 22.5 Å². The van der Waals surface area contributed by atoms with E-state index in [-0.39, 0.29) is 23.3 Å². The molecule has 0 radical (unpaired) electrons. The molecule has 0 spiro atoms. The quantitative estimate of drug-likeness (QED) is 0.337. The van der Waals surface area contributed by atoms with E-state index in [9.17, 15) is 14.9 Å². The third-order valence-corrected chi connectivity index (χ3v) is 2.71. The summed E-state index contributed by atoms with van der Waals surface area (Å²) in [6.07, 6.45) is -2.01. The van der Waals surface area contributed by atoms with Crippen molar-refractivity contribution >= 4 is 16.7 Å². The highest BCUT2D eigenvalue weighted by molar-refractivity contribution is 5.80. The second kappa shape index (κ2) is 5.33. The number of benzene rings is 1. The molecular weight excluding hydrogens is 268 g/mol. The first kappa shape index (κ1) is 14.1. The van der Waals surface area contributed by atoms with Crippen molar-refractivity contribution in [3.05, 3.63) is 43.9 Å². The molecule has 0 amide bonds. The Morgan fingerprint density at radius 1 is 1.50 bits per heavy atom. The van der Waals surface area contributed by atoms with Crippen LogP contribution in [0.1, 0.15) is 17.5 Å². The molecule has 0 bridgehead atoms. The molecule has 20 heavy (non-hydrogen) atoms. The summed E-state index contributed by atoms with van der Waals surface area (Å²) in [5, 5.41) is 31.8. The molecule has 0 saturated carbocycles. The van der Waals surface area contributed by atoms with Gasteiger partial charge < -0.3 is 20.5 Å². The molecule has 9 heteroatoms. The molecule has 0 saturated heterocycles. The van der Waals surface area contributed by atoms with Gasteiger partial charge in [-0.25, -0.2) is 4.98 Å². The second-order valence-corrected chi connectivity index (χ2v) is 4.11. The summed E-state index contributed by atoms with van der Waals surface area (Å²) in [7, 11) is 1.65. The zero-order chi connectivity index (χ0) is 14.9. The van der Waals surface area contributed by atoms with E-state index in [0.29, 0.717) is 5.56 Å². The largest absolute Gasteiger partial charge is 0.363 e. The van der Waals surface area contributed by atoms with Crippen molar-refractivity contribution in [2.45, 2.75) is 12.8 Å². The van der Waals surface area contributed by atoms with Crippen LogP contribution in [0, 0.1) is 10.1 Å². The number of hydrogen-bond acceptors (Lipinski definition) is 7. The van der Waals surface area contributed by atoms with Crippen molar-refractivity contribution in [2.75, 3.05) is 7.05 Å². The average Bonchev–Trinajstić information content (AvgIpc) is 2.37. The van der Waals surface area contributed by atoms with Crippen LogP contribution in [0.4, 0.5) is 5.69 Å². The van der Waals surface area contributed by atoms with Crippen LogP contribution in [0.25, 0.3) is 11.0 Å². The predicted molar refractivity (Wildman–Crippen MR) is 69.0 cm³/mol. The molecule has 0 fully saturated rings. The summed E-state index contributed by atoms with van der Waals surface area (Å²) in [5.74, 6) is 0. The van der Waals surface area contributed by atoms with Crippen LogP contribution in [-0.4, -0.2) is 32.2 Å². The minimum Gasteiger partial charge on any atom is -0.363 e. The van der Waals surface area contributed by atoms with Crippen molar-refractivity contribution in [3.8, 4) is 0 Å². The van der Waals surface area contributed by atoms with Gasteiger partial charge in [0.05, 0.1) is 16.0 Å². The molecule has 0 aliphatic rings. The van der Waals surface area contributed by atoms with Crippen molar-refractivity contribution in [2.24, 2.45) is 0 Å². The molecule has 0 unspecified atom stereocenters. The van der Waals surface area contributed by atoms with Gasteiger partial charge in [-0.3, -0.25) is 14.9 Å². The van der Waals surface area contributed by atoms with Crippen LogP contribution in [0.3, 0.4) is 0 Å². The van der Waals surface area contributed by atoms with Gasteiger partial charge in [0.25, 0.3) is 11.2 Å². The zero-order valence-corrected chi connectivity index (χ0v) is 10.5. The van der Waals surface area contributed by atoms with Crippen LogP contribution in [0.5, 0.6) is 0 Å². The number of nitrogens with one attached hydrogen (secondary N) is 2. The van der Waals surface area contributed by atoms with E-state index in [4.69, 9.17) is 10.2 Å². The number of fused-ring (bicyclic) bond motifs is 1. The summed E-state index contributed by atoms with van der Waals surface area (Å²) in [6, 6.07) is 2.49. The molecule has 2 aromatic rings. The number of hydrogen-bond donors (Lipinski definition) is 4. The first-order valence-corrected chi connectivity index (χ1v) is 5.66. The molecule has 2 rings (SSSR count). The van der Waals surface area contributed by atoms with Crippen LogP contribution in [0.2, 0.25) is 0 Å². The molecule has 4 N–H and O–H groups in total. The second-order valence-electron chi connectivity index (χ2n) is 4.11. The first-order valence-electron chi connectivity index (χ1n) is 5.66. The Bertz CT molecular complexity index is 725. The standard InChI is InChI=1S/C11H12N4O5/c1-12-4-5-2-6(15(19)20)3-7-8(5)14-9(11(17)18)10(16)13-7/h2-3,11-12,17-18H,4H2,1H3,(H,13,16). The Morgan fingerprint density at radius 3 is 2.75 bits per heavy atom. The van der Waals surface area contributed by atoms with E-state index in [1.54, 1.807) is 7.05 Å². The third-order valence-electron chi connectivity index (χ3n) is 2.71. The average molecular weight is 280 g/mol. The van der Waals surface area contributed by atoms with Gasteiger partial charge in [-0.05, 0) is 7.05 Å². The maximum absolute atomic E-state index is 11.6. The highest BCUT2D eigenvalue weighted by Gasteiger charge is 2.17. The number of nitro benzene ring substituents is 1. The van der Waals surface area contributed by atoms with Crippen LogP contribution in [0.15, 0.2) is 16.9 Å². The van der Waals surface area contributed by atoms with Crippen molar-refractivity contribution in [1.29, 1.82) is 0 Å². The maximum atomic E-state index is 11.6. The Balaban J connectivity index is 2.79. The summed E-state index contributed by atoms with van der Waals surface area (Å²) in [4.78, 5) is 28.1. The Labute approximate surface area is 112 Å². The van der Waals surface area contributed by atoms with Crippen molar-refractivity contribution < 1.29 is 15.1 Å². The summed E-state index contributed by atoms with van der Waals surface area (Å²) < 4.78 is 0. The lowest BCUT2D eigenvalue weighted by Crippen LogP contribution is -2.19. The van der Waals surface area contributed by atoms with Gasteiger partial charge in [0.2, 0.25) is 6.29 Å². The highest BCUT2D eigenvalue weighted by atomic mass is 16.6. The Hall–Kier alpha value is -2.36. The van der Waals surface area contributed by atoms with E-state index in [0.717, 1.165) is 0 Å². The number of aliphatic hydroxyl groups is 2. The van der Waals surface area contributed by atoms with Gasteiger partial charge in [-0.15, -0.1) is 0 Å². The number of non-ortho nitro benzene ring substituents is 1. The van der Waals surface area contributed by atoms with E-state index in [1.807, 2.05) is 0 Å². The fraction of sp³-hybridized carbons (Fsp3) is 0.273. The van der Waals surface area contributed by atoms with Gasteiger partial charge in [-0.2, -0.15) is 0 Å². The number of aliphatic hydroxyl groups excluding tert-OH is 1. The van der Waals surface area contributed by atoms with E-state index in [2.05, 4.69) is 15.3 Å². The van der Waals surface area contributed by atoms with E-state index in [1.165, 1.54) is 12.1 Å². The third kappa shape index (κ3) is 2.50. The van der Waals surface area contributed by atoms with Gasteiger partial charge in [-0.1, -0.05) is 0 Å². The van der Waals surface area contributed by atoms with Gasteiger partial charge >= 0.3 is 0 Å². The molecule has 0 aliphatic heterocycles. The first-order chi connectivity index (χ1) is 9.43. The van der Waals surface area contributed by atoms with Crippen LogP contribution >= 0.6 is 0 Å². The summed E-state index contributed by atoms with van der Waals surface area (Å²) >= 11 is 0. The summed E-state index contributed by atoms with van der Waals surface area (Å²) in [6.45, 7) is 0.276. The molecule has 106 valence electrons. The molecule has 9 nitrogen and oxygen atoms in total. The van der Waals surface area contributed by atoms with Gasteiger partial charge in [0.15, 0.2) is 5.69 Å². The topological polar surface area (TPSA) is 141 Å². The SMILES string of the molecule is CNCc1cc([N+](=O)[O-])cc2[nH]c(=O)c(C(O)O)nc12. The normalized spacial score (nSPS) is 11.2. The fourth-order valence-corrected chi connectivity index (χ4v) is 1.87. The van der Waals surface area contributed by atoms with Crippen LogP contribution < -0.4 is 10.9 Å². The van der Waals surface area contributed by atoms with E-state index >= 15 is 0 Å². The number of rotatable bonds is 4. The lowest BCUT2D eigenvalue weighted by molar-refractivity contribution is -0.384. The monoisotopic (exact) mass is 280 g/mol. The molecule has 0 aliphatic carbocycles. The lowest BCUT2D eigenvalue weighted by Gasteiger charge is -2.08. The summed E-state index contributed by atoms with van der Waals surface area (Å²) in [5.41, 5.74) is -0.536.